The van der Waals surface area contributed by atoms with Crippen molar-refractivity contribution in [2.45, 2.75) is 38.0 Å². The summed E-state index contributed by atoms with van der Waals surface area (Å²) in [4.78, 5) is 0. The third kappa shape index (κ3) is 5.00. The van der Waals surface area contributed by atoms with Crippen LogP contribution in [0.5, 0.6) is 5.75 Å². The maximum Gasteiger partial charge on any atom is 0.115 e. The Morgan fingerprint density at radius 2 is 1.94 bits per heavy atom. The second kappa shape index (κ2) is 7.62. The van der Waals surface area contributed by atoms with Crippen LogP contribution in [-0.4, -0.2) is 23.2 Å². The van der Waals surface area contributed by atoms with E-state index in [-0.39, 0.29) is 0 Å². The van der Waals surface area contributed by atoms with Crippen LogP contribution >= 0.6 is 11.8 Å². The molecule has 1 aromatic carbocycles. The minimum Gasteiger partial charge on any atom is -0.508 e. The lowest BCUT2D eigenvalue weighted by molar-refractivity contribution is 0.473. The molecule has 0 amide bonds. The van der Waals surface area contributed by atoms with Crippen LogP contribution in [0, 0.1) is 0 Å². The lowest BCUT2D eigenvalue weighted by Gasteiger charge is -2.18. The molecule has 0 aliphatic heterocycles. The fourth-order valence-electron chi connectivity index (χ4n) is 1.78. The van der Waals surface area contributed by atoms with Gasteiger partial charge in [-0.2, -0.15) is 11.8 Å². The van der Waals surface area contributed by atoms with Gasteiger partial charge in [-0.3, -0.25) is 0 Å². The van der Waals surface area contributed by atoms with Crippen LogP contribution in [0.2, 0.25) is 0 Å². The summed E-state index contributed by atoms with van der Waals surface area (Å²) in [7, 11) is 0. The second-order valence-corrected chi connectivity index (χ2v) is 5.62. The molecule has 96 valence electrons. The summed E-state index contributed by atoms with van der Waals surface area (Å²) in [5, 5.41) is 13.6. The molecule has 3 heteroatoms. The predicted octanol–water partition coefficient (Wildman–Crippen LogP) is 3.57. The van der Waals surface area contributed by atoms with Gasteiger partial charge in [0.15, 0.2) is 0 Å². The number of nitrogens with one attached hydrogen (secondary N) is 1. The van der Waals surface area contributed by atoms with Crippen molar-refractivity contribution in [3.8, 4) is 5.75 Å². The quantitative estimate of drug-likeness (QED) is 0.779. The minimum atomic E-state index is 0.333. The van der Waals surface area contributed by atoms with E-state index in [2.05, 4.69) is 25.4 Å². The molecule has 2 nitrogen and oxygen atoms in total. The van der Waals surface area contributed by atoms with E-state index in [1.165, 1.54) is 12.0 Å². The average molecular weight is 253 g/mol. The van der Waals surface area contributed by atoms with Gasteiger partial charge in [-0.25, -0.2) is 0 Å². The summed E-state index contributed by atoms with van der Waals surface area (Å²) < 4.78 is 0. The first-order valence-electron chi connectivity index (χ1n) is 6.22. The van der Waals surface area contributed by atoms with Gasteiger partial charge in [0.25, 0.3) is 0 Å². The van der Waals surface area contributed by atoms with Crippen molar-refractivity contribution in [1.29, 1.82) is 0 Å². The van der Waals surface area contributed by atoms with Crippen molar-refractivity contribution in [2.75, 3.05) is 12.8 Å². The number of benzene rings is 1. The lowest BCUT2D eigenvalue weighted by Crippen LogP contribution is -2.23. The lowest BCUT2D eigenvalue weighted by atomic mass is 10.0. The standard InChI is InChI=1S/C14H23NOS/c1-4-14(15-10-9-11(2)17-3)12-5-7-13(16)8-6-12/h5-8,11,14-16H,4,9-10H2,1-3H3. The molecular formula is C14H23NOS. The molecule has 0 saturated heterocycles. The molecular weight excluding hydrogens is 230 g/mol. The minimum absolute atomic E-state index is 0.333. The summed E-state index contributed by atoms with van der Waals surface area (Å²) in [6, 6.07) is 7.89. The summed E-state index contributed by atoms with van der Waals surface area (Å²) in [5.41, 5.74) is 1.25. The van der Waals surface area contributed by atoms with Gasteiger partial charge in [-0.05, 0) is 43.3 Å². The number of hydrogen-bond donors (Lipinski definition) is 2. The number of hydrogen-bond acceptors (Lipinski definition) is 3. The zero-order chi connectivity index (χ0) is 12.7. The molecule has 0 heterocycles. The fraction of sp³-hybridized carbons (Fsp3) is 0.571. The normalized spacial score (nSPS) is 14.5. The van der Waals surface area contributed by atoms with Crippen LogP contribution < -0.4 is 5.32 Å². The smallest absolute Gasteiger partial charge is 0.115 e. The Morgan fingerprint density at radius 3 is 2.47 bits per heavy atom. The molecule has 0 aliphatic rings. The highest BCUT2D eigenvalue weighted by Gasteiger charge is 2.08. The van der Waals surface area contributed by atoms with E-state index in [1.807, 2.05) is 23.9 Å². The molecule has 0 aliphatic carbocycles. The molecule has 0 saturated carbocycles. The Hall–Kier alpha value is -0.670. The van der Waals surface area contributed by atoms with E-state index in [9.17, 15) is 5.11 Å². The number of rotatable bonds is 7. The average Bonchev–Trinajstić information content (AvgIpc) is 2.35. The molecule has 2 atom stereocenters. The topological polar surface area (TPSA) is 32.3 Å². The Bertz CT molecular complexity index is 313. The first-order chi connectivity index (χ1) is 8.17. The summed E-state index contributed by atoms with van der Waals surface area (Å²) in [6.45, 7) is 5.48. The highest BCUT2D eigenvalue weighted by molar-refractivity contribution is 7.99. The predicted molar refractivity (Wildman–Crippen MR) is 76.7 cm³/mol. The van der Waals surface area contributed by atoms with E-state index < -0.39 is 0 Å². The molecule has 1 rings (SSSR count). The second-order valence-electron chi connectivity index (χ2n) is 4.34. The van der Waals surface area contributed by atoms with Crippen LogP contribution in [0.3, 0.4) is 0 Å². The van der Waals surface area contributed by atoms with E-state index in [0.29, 0.717) is 17.0 Å². The van der Waals surface area contributed by atoms with Gasteiger partial charge in [0.05, 0.1) is 0 Å². The Kier molecular flexibility index (Phi) is 6.45. The van der Waals surface area contributed by atoms with Gasteiger partial charge in [0.1, 0.15) is 5.75 Å². The molecule has 0 bridgehead atoms. The third-order valence-corrected chi connectivity index (χ3v) is 4.09. The van der Waals surface area contributed by atoms with E-state index in [4.69, 9.17) is 0 Å². The van der Waals surface area contributed by atoms with Crippen molar-refractivity contribution < 1.29 is 5.11 Å². The monoisotopic (exact) mass is 253 g/mol. The van der Waals surface area contributed by atoms with Crippen LogP contribution in [0.4, 0.5) is 0 Å². The van der Waals surface area contributed by atoms with Gasteiger partial charge in [-0.1, -0.05) is 26.0 Å². The van der Waals surface area contributed by atoms with E-state index >= 15 is 0 Å². The van der Waals surface area contributed by atoms with Gasteiger partial charge in [0.2, 0.25) is 0 Å². The fourth-order valence-corrected chi connectivity index (χ4v) is 2.14. The van der Waals surface area contributed by atoms with Crippen LogP contribution in [0.1, 0.15) is 38.3 Å². The van der Waals surface area contributed by atoms with Crippen molar-refractivity contribution in [3.05, 3.63) is 29.8 Å². The molecule has 2 N–H and O–H groups in total. The van der Waals surface area contributed by atoms with E-state index in [1.54, 1.807) is 12.1 Å². The molecule has 1 aromatic rings. The maximum absolute atomic E-state index is 9.27. The van der Waals surface area contributed by atoms with E-state index in [0.717, 1.165) is 13.0 Å². The summed E-state index contributed by atoms with van der Waals surface area (Å²) in [6.07, 6.45) is 4.41. The highest BCUT2D eigenvalue weighted by atomic mass is 32.2. The molecule has 2 unspecified atom stereocenters. The van der Waals surface area contributed by atoms with Gasteiger partial charge in [-0.15, -0.1) is 0 Å². The first kappa shape index (κ1) is 14.4. The number of aromatic hydroxyl groups is 1. The molecule has 0 spiro atoms. The van der Waals surface area contributed by atoms with Gasteiger partial charge in [0, 0.05) is 11.3 Å². The van der Waals surface area contributed by atoms with Gasteiger partial charge < -0.3 is 10.4 Å². The Morgan fingerprint density at radius 1 is 1.29 bits per heavy atom. The van der Waals surface area contributed by atoms with Crippen molar-refractivity contribution >= 4 is 11.8 Å². The van der Waals surface area contributed by atoms with Crippen molar-refractivity contribution in [2.24, 2.45) is 0 Å². The highest BCUT2D eigenvalue weighted by Crippen LogP contribution is 2.19. The van der Waals surface area contributed by atoms with Crippen molar-refractivity contribution in [3.63, 3.8) is 0 Å². The zero-order valence-corrected chi connectivity index (χ0v) is 11.8. The number of phenols is 1. The number of phenolic OH excluding ortho intramolecular Hbond substituents is 1. The van der Waals surface area contributed by atoms with Crippen LogP contribution in [0.15, 0.2) is 24.3 Å². The molecule has 0 fully saturated rings. The molecule has 0 aromatic heterocycles. The molecule has 17 heavy (non-hydrogen) atoms. The van der Waals surface area contributed by atoms with Crippen molar-refractivity contribution in [1.82, 2.24) is 5.32 Å². The Balaban J connectivity index is 2.45. The van der Waals surface area contributed by atoms with Crippen LogP contribution in [0.25, 0.3) is 0 Å². The maximum atomic E-state index is 9.27. The molecule has 0 radical (unpaired) electrons. The van der Waals surface area contributed by atoms with Gasteiger partial charge >= 0.3 is 0 Å². The van der Waals surface area contributed by atoms with Crippen LogP contribution in [-0.2, 0) is 0 Å². The largest absolute Gasteiger partial charge is 0.508 e. The Labute approximate surface area is 109 Å². The summed E-state index contributed by atoms with van der Waals surface area (Å²) in [5.74, 6) is 0.333. The third-order valence-electron chi connectivity index (χ3n) is 3.05. The number of thioether (sulfide) groups is 1. The SMILES string of the molecule is CCC(NCCC(C)SC)c1ccc(O)cc1. The first-order valence-corrected chi connectivity index (χ1v) is 7.51. The zero-order valence-electron chi connectivity index (χ0n) is 10.9. The summed E-state index contributed by atoms with van der Waals surface area (Å²) >= 11 is 1.91.